The van der Waals surface area contributed by atoms with Crippen LogP contribution in [0.3, 0.4) is 0 Å². The van der Waals surface area contributed by atoms with E-state index in [4.69, 9.17) is 14.7 Å². The molecular weight excluding hydrogens is 388 g/mol. The van der Waals surface area contributed by atoms with Gasteiger partial charge in [0, 0.05) is 30.1 Å². The van der Waals surface area contributed by atoms with Gasteiger partial charge in [-0.25, -0.2) is 4.98 Å². The molecule has 2 aliphatic heterocycles. The Balaban J connectivity index is 1.51. The second-order valence-corrected chi connectivity index (χ2v) is 8.93. The van der Waals surface area contributed by atoms with Crippen LogP contribution < -0.4 is 0 Å². The number of carbonyl (C=O) groups is 1. The number of fused-ring (bicyclic) bond motifs is 2. The van der Waals surface area contributed by atoms with E-state index in [0.29, 0.717) is 19.1 Å². The third kappa shape index (κ3) is 3.00. The second kappa shape index (κ2) is 7.02. The van der Waals surface area contributed by atoms with Crippen molar-refractivity contribution < 1.29 is 9.53 Å². The van der Waals surface area contributed by atoms with Gasteiger partial charge >= 0.3 is 0 Å². The molecular formula is C25H26N4O2. The average molecular weight is 415 g/mol. The molecule has 1 aromatic carbocycles. The fourth-order valence-corrected chi connectivity index (χ4v) is 4.96. The van der Waals surface area contributed by atoms with Crippen LogP contribution in [0.2, 0.25) is 0 Å². The lowest BCUT2D eigenvalue weighted by molar-refractivity contribution is -0.135. The monoisotopic (exact) mass is 414 g/mol. The zero-order valence-corrected chi connectivity index (χ0v) is 18.0. The summed E-state index contributed by atoms with van der Waals surface area (Å²) in [5.41, 5.74) is 5.52. The molecule has 158 valence electrons. The molecule has 0 radical (unpaired) electrons. The molecule has 6 heteroatoms. The van der Waals surface area contributed by atoms with Crippen molar-refractivity contribution in [2.24, 2.45) is 0 Å². The highest BCUT2D eigenvalue weighted by Gasteiger charge is 2.38. The number of amides is 1. The van der Waals surface area contributed by atoms with E-state index in [1.807, 2.05) is 25.1 Å². The van der Waals surface area contributed by atoms with Crippen molar-refractivity contribution in [3.8, 4) is 11.3 Å². The van der Waals surface area contributed by atoms with Crippen LogP contribution in [0.4, 0.5) is 0 Å². The molecule has 1 saturated carbocycles. The number of hydrogen-bond acceptors (Lipinski definition) is 4. The highest BCUT2D eigenvalue weighted by atomic mass is 16.5. The third-order valence-corrected chi connectivity index (χ3v) is 6.80. The number of rotatable bonds is 3. The van der Waals surface area contributed by atoms with Crippen LogP contribution in [0, 0.1) is 0 Å². The van der Waals surface area contributed by atoms with Gasteiger partial charge in [0.2, 0.25) is 5.91 Å². The number of imidazole rings is 1. The summed E-state index contributed by atoms with van der Waals surface area (Å²) in [4.78, 5) is 24.4. The fourth-order valence-electron chi connectivity index (χ4n) is 4.96. The van der Waals surface area contributed by atoms with Gasteiger partial charge in [-0.1, -0.05) is 24.3 Å². The molecule has 0 saturated heterocycles. The molecule has 1 fully saturated rings. The Hall–Kier alpha value is -2.99. The first kappa shape index (κ1) is 18.8. The van der Waals surface area contributed by atoms with Gasteiger partial charge in [-0.05, 0) is 43.2 Å². The predicted molar refractivity (Wildman–Crippen MR) is 120 cm³/mol. The topological polar surface area (TPSA) is 60.3 Å². The van der Waals surface area contributed by atoms with Crippen LogP contribution in [0.1, 0.15) is 55.4 Å². The largest absolute Gasteiger partial charge is 0.377 e. The van der Waals surface area contributed by atoms with Crippen molar-refractivity contribution in [2.45, 2.75) is 44.7 Å². The van der Waals surface area contributed by atoms with Gasteiger partial charge in [-0.15, -0.1) is 0 Å². The van der Waals surface area contributed by atoms with E-state index in [2.05, 4.69) is 34.9 Å². The number of pyridine rings is 1. The van der Waals surface area contributed by atoms with Crippen molar-refractivity contribution >= 4 is 22.3 Å². The lowest BCUT2D eigenvalue weighted by Gasteiger charge is -2.31. The van der Waals surface area contributed by atoms with Crippen LogP contribution in [-0.2, 0) is 16.1 Å². The highest BCUT2D eigenvalue weighted by molar-refractivity contribution is 5.97. The summed E-state index contributed by atoms with van der Waals surface area (Å²) in [7, 11) is 1.88. The Bertz CT molecular complexity index is 1240. The second-order valence-electron chi connectivity index (χ2n) is 8.93. The highest BCUT2D eigenvalue weighted by Crippen LogP contribution is 2.45. The lowest BCUT2D eigenvalue weighted by atomic mass is 9.99. The molecule has 3 aromatic rings. The molecule has 3 aliphatic rings. The van der Waals surface area contributed by atoms with Crippen LogP contribution in [0.5, 0.6) is 0 Å². The van der Waals surface area contributed by atoms with E-state index in [1.54, 1.807) is 0 Å². The maximum Gasteiger partial charge on any atom is 0.245 e. The minimum absolute atomic E-state index is 0.160. The van der Waals surface area contributed by atoms with E-state index >= 15 is 0 Å². The number of nitrogens with zero attached hydrogens (tertiary/aromatic N) is 4. The van der Waals surface area contributed by atoms with Crippen LogP contribution in [0.15, 0.2) is 36.5 Å². The average Bonchev–Trinajstić information content (AvgIpc) is 3.58. The van der Waals surface area contributed by atoms with Gasteiger partial charge in [0.25, 0.3) is 0 Å². The normalized spacial score (nSPS) is 21.4. The molecule has 4 heterocycles. The van der Waals surface area contributed by atoms with Gasteiger partial charge in [0.1, 0.15) is 11.9 Å². The SMILES string of the molecule is C[C@@H]1C(=O)N(C)Cc2c(-c3cccc4cc(C5=CCOCC5)ncc34)nc(C3CC3)n21. The van der Waals surface area contributed by atoms with E-state index < -0.39 is 0 Å². The van der Waals surface area contributed by atoms with Gasteiger partial charge in [0.15, 0.2) is 0 Å². The number of aromatic nitrogens is 3. The first-order chi connectivity index (χ1) is 15.1. The minimum Gasteiger partial charge on any atom is -0.377 e. The molecule has 1 aliphatic carbocycles. The molecule has 0 unspecified atom stereocenters. The molecule has 0 N–H and O–H groups in total. The fraction of sp³-hybridized carbons (Fsp3) is 0.400. The Morgan fingerprint density at radius 3 is 2.87 bits per heavy atom. The molecule has 6 nitrogen and oxygen atoms in total. The van der Waals surface area contributed by atoms with Gasteiger partial charge in [-0.2, -0.15) is 0 Å². The maximum absolute atomic E-state index is 12.7. The summed E-state index contributed by atoms with van der Waals surface area (Å²) in [5, 5.41) is 2.27. The standard InChI is InChI=1S/C25H26N4O2/c1-15-25(30)28(2)14-22-23(27-24(29(15)22)17-6-7-17)19-5-3-4-18-12-21(26-13-20(18)19)16-8-10-31-11-9-16/h3-5,8,12-13,15,17H,6-7,9-11,14H2,1-2H3/t15-/m1/s1. The zero-order chi connectivity index (χ0) is 21.1. The Labute approximate surface area is 181 Å². The van der Waals surface area contributed by atoms with Crippen LogP contribution >= 0.6 is 0 Å². The lowest BCUT2D eigenvalue weighted by Crippen LogP contribution is -2.39. The summed E-state index contributed by atoms with van der Waals surface area (Å²) in [6, 6.07) is 8.36. The van der Waals surface area contributed by atoms with Crippen molar-refractivity contribution in [1.29, 1.82) is 0 Å². The molecule has 1 amide bonds. The zero-order valence-electron chi connectivity index (χ0n) is 18.0. The molecule has 0 bridgehead atoms. The third-order valence-electron chi connectivity index (χ3n) is 6.80. The Morgan fingerprint density at radius 1 is 1.23 bits per heavy atom. The van der Waals surface area contributed by atoms with Crippen molar-refractivity contribution in [2.75, 3.05) is 20.3 Å². The van der Waals surface area contributed by atoms with E-state index in [1.165, 1.54) is 5.57 Å². The summed E-state index contributed by atoms with van der Waals surface area (Å²) in [6.07, 6.45) is 7.33. The maximum atomic E-state index is 12.7. The number of benzene rings is 1. The van der Waals surface area contributed by atoms with Crippen molar-refractivity contribution in [1.82, 2.24) is 19.4 Å². The smallest absolute Gasteiger partial charge is 0.245 e. The number of hydrogen-bond donors (Lipinski definition) is 0. The molecule has 2 aromatic heterocycles. The summed E-state index contributed by atoms with van der Waals surface area (Å²) in [6.45, 7) is 4.00. The molecule has 6 rings (SSSR count). The predicted octanol–water partition coefficient (Wildman–Crippen LogP) is 4.31. The van der Waals surface area contributed by atoms with Gasteiger partial charge in [0.05, 0.1) is 36.8 Å². The molecule has 31 heavy (non-hydrogen) atoms. The Morgan fingerprint density at radius 2 is 2.10 bits per heavy atom. The molecule has 0 spiro atoms. The van der Waals surface area contributed by atoms with E-state index in [9.17, 15) is 4.79 Å². The summed E-state index contributed by atoms with van der Waals surface area (Å²) in [5.74, 6) is 1.71. The minimum atomic E-state index is -0.203. The summed E-state index contributed by atoms with van der Waals surface area (Å²) >= 11 is 0. The van der Waals surface area contributed by atoms with Gasteiger partial charge < -0.3 is 14.2 Å². The summed E-state index contributed by atoms with van der Waals surface area (Å²) < 4.78 is 7.66. The Kier molecular flexibility index (Phi) is 4.25. The molecule has 1 atom stereocenters. The first-order valence-electron chi connectivity index (χ1n) is 11.1. The van der Waals surface area contributed by atoms with E-state index in [-0.39, 0.29) is 11.9 Å². The van der Waals surface area contributed by atoms with Crippen LogP contribution in [-0.4, -0.2) is 45.6 Å². The van der Waals surface area contributed by atoms with Gasteiger partial charge in [-0.3, -0.25) is 9.78 Å². The number of likely N-dealkylation sites (N-methyl/N-ethyl adjacent to an activating group) is 1. The van der Waals surface area contributed by atoms with E-state index in [0.717, 1.165) is 65.1 Å². The van der Waals surface area contributed by atoms with Crippen molar-refractivity contribution in [3.05, 3.63) is 53.8 Å². The van der Waals surface area contributed by atoms with Crippen LogP contribution in [0.25, 0.3) is 27.6 Å². The number of carbonyl (C=O) groups excluding carboxylic acids is 1. The number of ether oxygens (including phenoxy) is 1. The first-order valence-corrected chi connectivity index (χ1v) is 11.1. The van der Waals surface area contributed by atoms with Crippen molar-refractivity contribution in [3.63, 3.8) is 0 Å². The quantitative estimate of drug-likeness (QED) is 0.641.